The average molecular weight is 327 g/mol. The molecule has 0 bridgehead atoms. The van der Waals surface area contributed by atoms with Crippen LogP contribution in [0.5, 0.6) is 11.5 Å². The number of pyridine rings is 1. The lowest BCUT2D eigenvalue weighted by Gasteiger charge is -2.12. The summed E-state index contributed by atoms with van der Waals surface area (Å²) in [7, 11) is 1.64. The first-order valence-corrected chi connectivity index (χ1v) is 8.47. The Morgan fingerprint density at radius 1 is 1.17 bits per heavy atom. The minimum absolute atomic E-state index is 0.0990. The lowest BCUT2D eigenvalue weighted by atomic mass is 10.0. The van der Waals surface area contributed by atoms with Crippen LogP contribution in [0.2, 0.25) is 0 Å². The third kappa shape index (κ3) is 5.37. The molecule has 1 heterocycles. The van der Waals surface area contributed by atoms with Gasteiger partial charge in [0.05, 0.1) is 13.7 Å². The van der Waals surface area contributed by atoms with Gasteiger partial charge in [0.25, 0.3) is 0 Å². The van der Waals surface area contributed by atoms with Crippen LogP contribution in [-0.4, -0.2) is 24.5 Å². The second kappa shape index (κ2) is 9.71. The molecule has 4 heteroatoms. The number of nitrogens with zero attached hydrogens (tertiary/aromatic N) is 1. The zero-order chi connectivity index (χ0) is 17.2. The van der Waals surface area contributed by atoms with Crippen LogP contribution in [0.15, 0.2) is 42.7 Å². The number of Topliss-reactive ketones (excluding diaryl/α,β-unsaturated/α-hetero) is 1. The van der Waals surface area contributed by atoms with Crippen molar-refractivity contribution in [3.63, 3.8) is 0 Å². The fourth-order valence-electron chi connectivity index (χ4n) is 2.45. The van der Waals surface area contributed by atoms with Crippen LogP contribution in [0, 0.1) is 0 Å². The number of carbonyl (C=O) groups is 1. The highest BCUT2D eigenvalue weighted by Gasteiger charge is 2.09. The molecule has 2 aromatic rings. The number of benzene rings is 1. The molecule has 0 spiro atoms. The quantitative estimate of drug-likeness (QED) is 0.477. The Hall–Kier alpha value is -2.36. The van der Waals surface area contributed by atoms with Gasteiger partial charge in [0.2, 0.25) is 0 Å². The molecule has 0 fully saturated rings. The van der Waals surface area contributed by atoms with Crippen molar-refractivity contribution in [2.75, 3.05) is 13.7 Å². The van der Waals surface area contributed by atoms with Crippen molar-refractivity contribution in [2.45, 2.75) is 39.0 Å². The molecule has 0 amide bonds. The van der Waals surface area contributed by atoms with Gasteiger partial charge in [-0.2, -0.15) is 0 Å². The van der Waals surface area contributed by atoms with Gasteiger partial charge in [-0.05, 0) is 42.7 Å². The standard InChI is InChI=1S/C20H25NO3/c1-3-4-5-13-24-19-11-9-16(14-20(19)23-2)8-10-18(22)17-7-6-12-21-15-17/h6-7,9,11-12,14-15H,3-5,8,10,13H2,1-2H3. The SMILES string of the molecule is CCCCCOc1ccc(CCC(=O)c2cccnc2)cc1OC. The van der Waals surface area contributed by atoms with E-state index >= 15 is 0 Å². The molecule has 0 aliphatic carbocycles. The van der Waals surface area contributed by atoms with Crippen molar-refractivity contribution >= 4 is 5.78 Å². The highest BCUT2D eigenvalue weighted by Crippen LogP contribution is 2.29. The molecule has 128 valence electrons. The van der Waals surface area contributed by atoms with Crippen LogP contribution in [0.25, 0.3) is 0 Å². The van der Waals surface area contributed by atoms with Crippen LogP contribution in [0.4, 0.5) is 0 Å². The Balaban J connectivity index is 1.92. The van der Waals surface area contributed by atoms with Crippen molar-refractivity contribution in [1.29, 1.82) is 0 Å². The molecule has 0 saturated heterocycles. The van der Waals surface area contributed by atoms with E-state index < -0.39 is 0 Å². The van der Waals surface area contributed by atoms with E-state index in [9.17, 15) is 4.79 Å². The second-order valence-electron chi connectivity index (χ2n) is 5.71. The highest BCUT2D eigenvalue weighted by atomic mass is 16.5. The molecule has 0 aliphatic rings. The van der Waals surface area contributed by atoms with E-state index in [4.69, 9.17) is 9.47 Å². The van der Waals surface area contributed by atoms with E-state index in [0.29, 0.717) is 25.0 Å². The predicted molar refractivity (Wildman–Crippen MR) is 94.9 cm³/mol. The number of unbranched alkanes of at least 4 members (excludes halogenated alkanes) is 2. The van der Waals surface area contributed by atoms with E-state index in [0.717, 1.165) is 29.9 Å². The average Bonchev–Trinajstić information content (AvgIpc) is 2.64. The Kier molecular flexibility index (Phi) is 7.27. The summed E-state index contributed by atoms with van der Waals surface area (Å²) < 4.78 is 11.2. The third-order valence-corrected chi connectivity index (χ3v) is 3.86. The minimum Gasteiger partial charge on any atom is -0.493 e. The molecule has 0 N–H and O–H groups in total. The molecule has 24 heavy (non-hydrogen) atoms. The highest BCUT2D eigenvalue weighted by molar-refractivity contribution is 5.95. The van der Waals surface area contributed by atoms with Gasteiger partial charge in [-0.25, -0.2) is 0 Å². The van der Waals surface area contributed by atoms with Gasteiger partial charge in [-0.3, -0.25) is 9.78 Å². The number of hydrogen-bond acceptors (Lipinski definition) is 4. The number of methoxy groups -OCH3 is 1. The predicted octanol–water partition coefficient (Wildman–Crippen LogP) is 4.47. The van der Waals surface area contributed by atoms with Crippen LogP contribution in [0.3, 0.4) is 0 Å². The Labute approximate surface area is 143 Å². The van der Waals surface area contributed by atoms with Crippen LogP contribution in [0.1, 0.15) is 48.5 Å². The summed E-state index contributed by atoms with van der Waals surface area (Å²) in [4.78, 5) is 16.1. The minimum atomic E-state index is 0.0990. The Morgan fingerprint density at radius 3 is 2.75 bits per heavy atom. The molecule has 0 aliphatic heterocycles. The van der Waals surface area contributed by atoms with E-state index in [1.54, 1.807) is 31.6 Å². The van der Waals surface area contributed by atoms with Gasteiger partial charge in [0, 0.05) is 24.4 Å². The smallest absolute Gasteiger partial charge is 0.164 e. The van der Waals surface area contributed by atoms with Crippen LogP contribution in [-0.2, 0) is 6.42 Å². The number of rotatable bonds is 10. The molecule has 2 rings (SSSR count). The summed E-state index contributed by atoms with van der Waals surface area (Å²) in [5.74, 6) is 1.58. The van der Waals surface area contributed by atoms with E-state index in [1.807, 2.05) is 18.2 Å². The molecule has 4 nitrogen and oxygen atoms in total. The fraction of sp³-hybridized carbons (Fsp3) is 0.400. The largest absolute Gasteiger partial charge is 0.493 e. The maximum atomic E-state index is 12.1. The molecule has 0 radical (unpaired) electrons. The van der Waals surface area contributed by atoms with Crippen molar-refractivity contribution < 1.29 is 14.3 Å². The number of carbonyl (C=O) groups excluding carboxylic acids is 1. The normalized spacial score (nSPS) is 10.4. The Bertz CT molecular complexity index is 641. The zero-order valence-corrected chi connectivity index (χ0v) is 14.5. The van der Waals surface area contributed by atoms with Gasteiger partial charge in [-0.1, -0.05) is 25.8 Å². The molecular weight excluding hydrogens is 302 g/mol. The first-order valence-electron chi connectivity index (χ1n) is 8.47. The lowest BCUT2D eigenvalue weighted by molar-refractivity contribution is 0.0982. The summed E-state index contributed by atoms with van der Waals surface area (Å²) in [5, 5.41) is 0. The first-order chi connectivity index (χ1) is 11.7. The van der Waals surface area contributed by atoms with Crippen molar-refractivity contribution in [3.05, 3.63) is 53.9 Å². The van der Waals surface area contributed by atoms with Crippen molar-refractivity contribution in [1.82, 2.24) is 4.98 Å². The lowest BCUT2D eigenvalue weighted by Crippen LogP contribution is -2.03. The number of aryl methyl sites for hydroxylation is 1. The van der Waals surface area contributed by atoms with Gasteiger partial charge in [-0.15, -0.1) is 0 Å². The van der Waals surface area contributed by atoms with Gasteiger partial charge >= 0.3 is 0 Å². The fourth-order valence-corrected chi connectivity index (χ4v) is 2.45. The summed E-state index contributed by atoms with van der Waals surface area (Å²) in [6.07, 6.45) is 7.77. The monoisotopic (exact) mass is 327 g/mol. The maximum absolute atomic E-state index is 12.1. The number of aromatic nitrogens is 1. The van der Waals surface area contributed by atoms with E-state index in [2.05, 4.69) is 11.9 Å². The molecule has 0 atom stereocenters. The zero-order valence-electron chi connectivity index (χ0n) is 14.5. The summed E-state index contributed by atoms with van der Waals surface area (Å²) in [6.45, 7) is 2.87. The molecule has 1 aromatic heterocycles. The topological polar surface area (TPSA) is 48.4 Å². The van der Waals surface area contributed by atoms with E-state index in [1.165, 1.54) is 6.42 Å². The first kappa shape index (κ1) is 18.0. The van der Waals surface area contributed by atoms with Gasteiger partial charge in [0.15, 0.2) is 17.3 Å². The summed E-state index contributed by atoms with van der Waals surface area (Å²) in [5.41, 5.74) is 1.71. The molecule has 0 unspecified atom stereocenters. The van der Waals surface area contributed by atoms with E-state index in [-0.39, 0.29) is 5.78 Å². The number of ether oxygens (including phenoxy) is 2. The van der Waals surface area contributed by atoms with Crippen molar-refractivity contribution in [3.8, 4) is 11.5 Å². The number of hydrogen-bond donors (Lipinski definition) is 0. The Morgan fingerprint density at radius 2 is 2.04 bits per heavy atom. The molecular formula is C20H25NO3. The molecule has 0 saturated carbocycles. The second-order valence-corrected chi connectivity index (χ2v) is 5.71. The molecule has 1 aromatic carbocycles. The van der Waals surface area contributed by atoms with Crippen LogP contribution < -0.4 is 9.47 Å². The van der Waals surface area contributed by atoms with Gasteiger partial charge in [0.1, 0.15) is 0 Å². The maximum Gasteiger partial charge on any atom is 0.164 e. The van der Waals surface area contributed by atoms with Gasteiger partial charge < -0.3 is 9.47 Å². The van der Waals surface area contributed by atoms with Crippen molar-refractivity contribution in [2.24, 2.45) is 0 Å². The van der Waals surface area contributed by atoms with Crippen LogP contribution >= 0.6 is 0 Å². The third-order valence-electron chi connectivity index (χ3n) is 3.86. The summed E-state index contributed by atoms with van der Waals surface area (Å²) >= 11 is 0. The number of ketones is 1. The summed E-state index contributed by atoms with van der Waals surface area (Å²) in [6, 6.07) is 9.44.